The third-order valence-corrected chi connectivity index (χ3v) is 5.51. The summed E-state index contributed by atoms with van der Waals surface area (Å²) < 4.78 is 5.70. The first-order chi connectivity index (χ1) is 10.0. The largest absolute Gasteiger partial charge is 0.468 e. The Labute approximate surface area is 139 Å². The maximum atomic E-state index is 12.5. The molecule has 0 spiro atoms. The molecule has 6 heteroatoms. The van der Waals surface area contributed by atoms with Crippen LogP contribution in [0.2, 0.25) is 5.02 Å². The second kappa shape index (κ2) is 5.55. The van der Waals surface area contributed by atoms with Gasteiger partial charge in [-0.1, -0.05) is 23.7 Å². The summed E-state index contributed by atoms with van der Waals surface area (Å²) in [6.45, 7) is 0. The van der Waals surface area contributed by atoms with Crippen LogP contribution in [0.4, 0.5) is 0 Å². The minimum absolute atomic E-state index is 0.174. The normalized spacial score (nSPS) is 20.4. The zero-order chi connectivity index (χ0) is 15.1. The fourth-order valence-corrected chi connectivity index (χ4v) is 4.45. The molecule has 0 radical (unpaired) electrons. The Morgan fingerprint density at radius 3 is 2.62 bits per heavy atom. The van der Waals surface area contributed by atoms with Crippen LogP contribution in [0, 0.1) is 5.92 Å². The second-order valence-corrected chi connectivity index (χ2v) is 7.60. The van der Waals surface area contributed by atoms with E-state index in [-0.39, 0.29) is 11.7 Å². The van der Waals surface area contributed by atoms with Gasteiger partial charge in [0.25, 0.3) is 0 Å². The van der Waals surface area contributed by atoms with Crippen molar-refractivity contribution in [2.45, 2.75) is 5.92 Å². The van der Waals surface area contributed by atoms with Crippen molar-refractivity contribution < 1.29 is 14.3 Å². The quantitative estimate of drug-likeness (QED) is 0.572. The van der Waals surface area contributed by atoms with Gasteiger partial charge >= 0.3 is 5.97 Å². The van der Waals surface area contributed by atoms with Gasteiger partial charge in [-0.3, -0.25) is 9.59 Å². The monoisotopic (exact) mass is 384 g/mol. The summed E-state index contributed by atoms with van der Waals surface area (Å²) in [6, 6.07) is 9.11. The van der Waals surface area contributed by atoms with Crippen molar-refractivity contribution in [2.75, 3.05) is 7.11 Å². The number of Topliss-reactive ketones (excluding diaryl/α,β-unsaturated/α-hetero) is 1. The Hall–Kier alpha value is -1.17. The van der Waals surface area contributed by atoms with Gasteiger partial charge in [-0.25, -0.2) is 0 Å². The Morgan fingerprint density at radius 2 is 2.00 bits per heavy atom. The molecule has 0 bridgehead atoms. The summed E-state index contributed by atoms with van der Waals surface area (Å²) in [4.78, 5) is 25.2. The van der Waals surface area contributed by atoms with E-state index in [0.29, 0.717) is 9.90 Å². The van der Waals surface area contributed by atoms with E-state index < -0.39 is 11.9 Å². The Bertz CT molecular complexity index is 723. The molecule has 1 aromatic heterocycles. The highest BCUT2D eigenvalue weighted by Gasteiger charge is 2.47. The smallest absolute Gasteiger partial charge is 0.317 e. The van der Waals surface area contributed by atoms with Crippen LogP contribution in [0.25, 0.3) is 0 Å². The van der Waals surface area contributed by atoms with Crippen molar-refractivity contribution in [3.05, 3.63) is 55.1 Å². The first-order valence-corrected chi connectivity index (χ1v) is 8.18. The number of carbonyl (C=O) groups excluding carboxylic acids is 2. The summed E-state index contributed by atoms with van der Waals surface area (Å²) in [5.74, 6) is -1.81. The average Bonchev–Trinajstić information content (AvgIpc) is 2.96. The molecule has 0 aliphatic heterocycles. The van der Waals surface area contributed by atoms with Gasteiger partial charge in [-0.15, -0.1) is 11.3 Å². The predicted octanol–water partition coefficient (Wildman–Crippen LogP) is 4.28. The molecule has 0 amide bonds. The maximum absolute atomic E-state index is 12.5. The molecule has 108 valence electrons. The van der Waals surface area contributed by atoms with Crippen LogP contribution in [0.15, 0.2) is 34.1 Å². The van der Waals surface area contributed by atoms with Gasteiger partial charge < -0.3 is 4.74 Å². The standard InChI is InChI=1S/C15H10BrClO3S/c1-20-15(19)12-11(7-2-4-8(17)5-3-7)9-6-10(16)21-14(9)13(12)18/h2-6,11-12H,1H3. The van der Waals surface area contributed by atoms with E-state index >= 15 is 0 Å². The molecule has 0 N–H and O–H groups in total. The predicted molar refractivity (Wildman–Crippen MR) is 85.2 cm³/mol. The van der Waals surface area contributed by atoms with E-state index in [1.54, 1.807) is 12.1 Å². The maximum Gasteiger partial charge on any atom is 0.317 e. The molecule has 1 heterocycles. The highest BCUT2D eigenvalue weighted by molar-refractivity contribution is 9.11. The topological polar surface area (TPSA) is 43.4 Å². The molecule has 0 fully saturated rings. The molecule has 1 aliphatic rings. The lowest BCUT2D eigenvalue weighted by atomic mass is 9.86. The Morgan fingerprint density at radius 1 is 1.33 bits per heavy atom. The number of esters is 1. The molecule has 0 saturated heterocycles. The molecule has 3 rings (SSSR count). The Kier molecular flexibility index (Phi) is 3.90. The van der Waals surface area contributed by atoms with E-state index in [9.17, 15) is 9.59 Å². The summed E-state index contributed by atoms with van der Waals surface area (Å²) in [7, 11) is 1.30. The van der Waals surface area contributed by atoms with Gasteiger partial charge in [0, 0.05) is 10.9 Å². The van der Waals surface area contributed by atoms with Crippen molar-refractivity contribution >= 4 is 50.6 Å². The number of halogens is 2. The summed E-state index contributed by atoms with van der Waals surface area (Å²) in [5.41, 5.74) is 1.75. The molecule has 2 atom stereocenters. The van der Waals surface area contributed by atoms with Gasteiger partial charge in [0.2, 0.25) is 0 Å². The number of carbonyl (C=O) groups is 2. The molecule has 1 aliphatic carbocycles. The van der Waals surface area contributed by atoms with Gasteiger partial charge in [-0.2, -0.15) is 0 Å². The third kappa shape index (κ3) is 2.43. The van der Waals surface area contributed by atoms with E-state index in [1.807, 2.05) is 18.2 Å². The fourth-order valence-electron chi connectivity index (χ4n) is 2.68. The number of ether oxygens (including phenoxy) is 1. The first-order valence-electron chi connectivity index (χ1n) is 6.19. The van der Waals surface area contributed by atoms with E-state index in [1.165, 1.54) is 18.4 Å². The van der Waals surface area contributed by atoms with Crippen LogP contribution in [-0.4, -0.2) is 18.9 Å². The average molecular weight is 386 g/mol. The van der Waals surface area contributed by atoms with Crippen molar-refractivity contribution in [3.63, 3.8) is 0 Å². The molecule has 1 aromatic carbocycles. The lowest BCUT2D eigenvalue weighted by molar-refractivity contribution is -0.143. The number of benzene rings is 1. The molecule has 2 aromatic rings. The van der Waals surface area contributed by atoms with Crippen molar-refractivity contribution in [2.24, 2.45) is 5.92 Å². The summed E-state index contributed by atoms with van der Waals surface area (Å²) in [5, 5.41) is 0.615. The number of methoxy groups -OCH3 is 1. The Balaban J connectivity index is 2.14. The third-order valence-electron chi connectivity index (χ3n) is 3.59. The minimum atomic E-state index is -0.814. The van der Waals surface area contributed by atoms with E-state index in [4.69, 9.17) is 16.3 Å². The van der Waals surface area contributed by atoms with Gasteiger partial charge in [0.1, 0.15) is 5.92 Å². The van der Waals surface area contributed by atoms with Gasteiger partial charge in [0.05, 0.1) is 15.8 Å². The lowest BCUT2D eigenvalue weighted by Gasteiger charge is -2.17. The summed E-state index contributed by atoms with van der Waals surface area (Å²) in [6.07, 6.45) is 0. The number of thiophene rings is 1. The molecular formula is C15H10BrClO3S. The number of hydrogen-bond acceptors (Lipinski definition) is 4. The van der Waals surface area contributed by atoms with E-state index in [0.717, 1.165) is 14.9 Å². The number of hydrogen-bond donors (Lipinski definition) is 0. The highest BCUT2D eigenvalue weighted by Crippen LogP contribution is 2.47. The molecule has 2 unspecified atom stereocenters. The zero-order valence-electron chi connectivity index (χ0n) is 10.9. The van der Waals surface area contributed by atoms with Crippen molar-refractivity contribution in [3.8, 4) is 0 Å². The van der Waals surface area contributed by atoms with Crippen molar-refractivity contribution in [1.29, 1.82) is 0 Å². The molecule has 3 nitrogen and oxygen atoms in total. The highest BCUT2D eigenvalue weighted by atomic mass is 79.9. The SMILES string of the molecule is COC(=O)C1C(=O)c2sc(Br)cc2C1c1ccc(Cl)cc1. The van der Waals surface area contributed by atoms with Crippen molar-refractivity contribution in [1.82, 2.24) is 0 Å². The number of rotatable bonds is 2. The zero-order valence-corrected chi connectivity index (χ0v) is 14.1. The number of fused-ring (bicyclic) bond motifs is 1. The van der Waals surface area contributed by atoms with E-state index in [2.05, 4.69) is 15.9 Å². The minimum Gasteiger partial charge on any atom is -0.468 e. The van der Waals surface area contributed by atoms with Crippen LogP contribution in [0.3, 0.4) is 0 Å². The van der Waals surface area contributed by atoms with Crippen LogP contribution in [-0.2, 0) is 9.53 Å². The summed E-state index contributed by atoms with van der Waals surface area (Å²) >= 11 is 10.7. The molecule has 0 saturated carbocycles. The molecule has 21 heavy (non-hydrogen) atoms. The van der Waals surface area contributed by atoms with Crippen LogP contribution in [0.5, 0.6) is 0 Å². The molecular weight excluding hydrogens is 376 g/mol. The number of ketones is 1. The lowest BCUT2D eigenvalue weighted by Crippen LogP contribution is -2.26. The van der Waals surface area contributed by atoms with Crippen LogP contribution < -0.4 is 0 Å². The van der Waals surface area contributed by atoms with Gasteiger partial charge in [-0.05, 0) is 45.3 Å². The second-order valence-electron chi connectivity index (χ2n) is 4.73. The first kappa shape index (κ1) is 14.8. The van der Waals surface area contributed by atoms with Crippen LogP contribution >= 0.6 is 38.9 Å². The fraction of sp³-hybridized carbons (Fsp3) is 0.200. The van der Waals surface area contributed by atoms with Crippen LogP contribution in [0.1, 0.15) is 26.7 Å². The van der Waals surface area contributed by atoms with Gasteiger partial charge in [0.15, 0.2) is 5.78 Å².